The van der Waals surface area contributed by atoms with Crippen LogP contribution >= 0.6 is 11.8 Å². The summed E-state index contributed by atoms with van der Waals surface area (Å²) >= 11 is 1.97. The summed E-state index contributed by atoms with van der Waals surface area (Å²) in [6.45, 7) is 4.74. The maximum atomic E-state index is 3.56. The zero-order valence-corrected chi connectivity index (χ0v) is 12.9. The van der Waals surface area contributed by atoms with Gasteiger partial charge in [-0.1, -0.05) is 51.9 Å². The quantitative estimate of drug-likeness (QED) is 0.447. The van der Waals surface area contributed by atoms with Gasteiger partial charge in [-0.15, -0.1) is 0 Å². The molecule has 0 aromatic carbocycles. The third-order valence-electron chi connectivity index (χ3n) is 3.16. The number of hydrogen-bond donors (Lipinski definition) is 1. The van der Waals surface area contributed by atoms with Crippen LogP contribution in [-0.4, -0.2) is 25.1 Å². The van der Waals surface area contributed by atoms with E-state index < -0.39 is 0 Å². The maximum absolute atomic E-state index is 3.56. The van der Waals surface area contributed by atoms with Gasteiger partial charge in [-0.05, 0) is 44.4 Å². The Hall–Kier alpha value is 0.310. The van der Waals surface area contributed by atoms with Crippen LogP contribution in [0.1, 0.15) is 71.1 Å². The summed E-state index contributed by atoms with van der Waals surface area (Å²) in [7, 11) is 0. The topological polar surface area (TPSA) is 12.0 Å². The maximum Gasteiger partial charge on any atom is -0.00489 e. The molecule has 1 N–H and O–H groups in total. The average molecular weight is 260 g/mol. The minimum absolute atomic E-state index is 1.23. The highest BCUT2D eigenvalue weighted by Gasteiger charge is 1.92. The van der Waals surface area contributed by atoms with Crippen molar-refractivity contribution >= 4 is 11.8 Å². The number of thioether (sulfide) groups is 1. The van der Waals surface area contributed by atoms with Crippen molar-refractivity contribution < 1.29 is 0 Å². The summed E-state index contributed by atoms with van der Waals surface area (Å²) < 4.78 is 0. The standard InChI is InChI=1S/C15H33NS/c1-3-4-5-6-7-10-13-16-14-11-8-9-12-15-17-2/h16H,3-15H2,1-2H3. The molecule has 0 fully saturated rings. The molecule has 0 saturated heterocycles. The molecule has 0 spiro atoms. The van der Waals surface area contributed by atoms with Gasteiger partial charge in [-0.3, -0.25) is 0 Å². The van der Waals surface area contributed by atoms with E-state index in [9.17, 15) is 0 Å². The first-order valence-corrected chi connectivity index (χ1v) is 9.00. The molecule has 0 unspecified atom stereocenters. The van der Waals surface area contributed by atoms with E-state index in [0.29, 0.717) is 0 Å². The van der Waals surface area contributed by atoms with E-state index in [1.807, 2.05) is 11.8 Å². The van der Waals surface area contributed by atoms with E-state index in [2.05, 4.69) is 18.5 Å². The van der Waals surface area contributed by atoms with Crippen molar-refractivity contribution in [3.05, 3.63) is 0 Å². The molecular weight excluding hydrogens is 226 g/mol. The van der Waals surface area contributed by atoms with Crippen molar-refractivity contribution in [2.45, 2.75) is 71.1 Å². The second-order valence-electron chi connectivity index (χ2n) is 4.92. The van der Waals surface area contributed by atoms with E-state index in [1.54, 1.807) is 0 Å². The summed E-state index contributed by atoms with van der Waals surface area (Å²) in [5.74, 6) is 1.34. The molecule has 0 amide bonds. The Kier molecular flexibility index (Phi) is 16.6. The average Bonchev–Trinajstić information content (AvgIpc) is 2.35. The fourth-order valence-electron chi connectivity index (χ4n) is 2.01. The summed E-state index contributed by atoms with van der Waals surface area (Å²) in [6.07, 6.45) is 16.2. The minimum atomic E-state index is 1.23. The van der Waals surface area contributed by atoms with Gasteiger partial charge in [-0.2, -0.15) is 11.8 Å². The van der Waals surface area contributed by atoms with Crippen molar-refractivity contribution in [1.29, 1.82) is 0 Å². The Bertz CT molecular complexity index is 114. The second-order valence-corrected chi connectivity index (χ2v) is 5.91. The van der Waals surface area contributed by atoms with Crippen molar-refractivity contribution in [2.75, 3.05) is 25.1 Å². The smallest absolute Gasteiger partial charge is 0.00489 e. The highest BCUT2D eigenvalue weighted by Crippen LogP contribution is 2.05. The number of nitrogens with one attached hydrogen (secondary N) is 1. The Morgan fingerprint density at radius 1 is 0.706 bits per heavy atom. The van der Waals surface area contributed by atoms with E-state index >= 15 is 0 Å². The molecule has 0 bridgehead atoms. The van der Waals surface area contributed by atoms with Gasteiger partial charge in [-0.25, -0.2) is 0 Å². The number of hydrogen-bond acceptors (Lipinski definition) is 2. The van der Waals surface area contributed by atoms with Gasteiger partial charge in [0, 0.05) is 0 Å². The largest absolute Gasteiger partial charge is 0.317 e. The Morgan fingerprint density at radius 3 is 1.82 bits per heavy atom. The molecule has 0 aromatic heterocycles. The Balaban J connectivity index is 2.85. The molecule has 1 nitrogen and oxygen atoms in total. The molecule has 0 saturated carbocycles. The molecule has 0 atom stereocenters. The lowest BCUT2D eigenvalue weighted by molar-refractivity contribution is 0.552. The van der Waals surface area contributed by atoms with Crippen LogP contribution in [0, 0.1) is 0 Å². The normalized spacial score (nSPS) is 10.9. The van der Waals surface area contributed by atoms with Crippen LogP contribution in [0.3, 0.4) is 0 Å². The SMILES string of the molecule is CCCCCCCCNCCCCCCSC. The van der Waals surface area contributed by atoms with Crippen LogP contribution in [0.4, 0.5) is 0 Å². The highest BCUT2D eigenvalue weighted by molar-refractivity contribution is 7.98. The predicted octanol–water partition coefficient (Wildman–Crippen LogP) is 4.86. The molecule has 0 aliphatic carbocycles. The van der Waals surface area contributed by atoms with Crippen LogP contribution < -0.4 is 5.32 Å². The van der Waals surface area contributed by atoms with Crippen molar-refractivity contribution in [2.24, 2.45) is 0 Å². The van der Waals surface area contributed by atoms with E-state index in [1.165, 1.54) is 83.1 Å². The third-order valence-corrected chi connectivity index (χ3v) is 3.86. The van der Waals surface area contributed by atoms with Gasteiger partial charge < -0.3 is 5.32 Å². The van der Waals surface area contributed by atoms with Gasteiger partial charge in [0.1, 0.15) is 0 Å². The molecule has 2 heteroatoms. The lowest BCUT2D eigenvalue weighted by atomic mass is 10.1. The minimum Gasteiger partial charge on any atom is -0.317 e. The second kappa shape index (κ2) is 16.3. The first-order chi connectivity index (χ1) is 8.41. The first-order valence-electron chi connectivity index (χ1n) is 7.61. The number of rotatable bonds is 14. The molecule has 17 heavy (non-hydrogen) atoms. The summed E-state index contributed by atoms with van der Waals surface area (Å²) in [5.41, 5.74) is 0. The zero-order chi connectivity index (χ0) is 12.6. The zero-order valence-electron chi connectivity index (χ0n) is 12.1. The van der Waals surface area contributed by atoms with Gasteiger partial charge in [0.25, 0.3) is 0 Å². The van der Waals surface area contributed by atoms with Crippen molar-refractivity contribution in [3.63, 3.8) is 0 Å². The van der Waals surface area contributed by atoms with E-state index in [4.69, 9.17) is 0 Å². The summed E-state index contributed by atoms with van der Waals surface area (Å²) in [6, 6.07) is 0. The molecule has 0 heterocycles. The van der Waals surface area contributed by atoms with Crippen molar-refractivity contribution in [1.82, 2.24) is 5.32 Å². The fraction of sp³-hybridized carbons (Fsp3) is 1.00. The van der Waals surface area contributed by atoms with Crippen LogP contribution in [-0.2, 0) is 0 Å². The number of unbranched alkanes of at least 4 members (excludes halogenated alkanes) is 8. The first kappa shape index (κ1) is 17.3. The highest BCUT2D eigenvalue weighted by atomic mass is 32.2. The van der Waals surface area contributed by atoms with Crippen LogP contribution in [0.15, 0.2) is 0 Å². The van der Waals surface area contributed by atoms with Gasteiger partial charge in [0.05, 0.1) is 0 Å². The monoisotopic (exact) mass is 259 g/mol. The van der Waals surface area contributed by atoms with E-state index in [-0.39, 0.29) is 0 Å². The third kappa shape index (κ3) is 16.3. The van der Waals surface area contributed by atoms with Crippen molar-refractivity contribution in [3.8, 4) is 0 Å². The lowest BCUT2D eigenvalue weighted by Crippen LogP contribution is -2.16. The summed E-state index contributed by atoms with van der Waals surface area (Å²) in [4.78, 5) is 0. The Labute approximate surface area is 114 Å². The van der Waals surface area contributed by atoms with Crippen LogP contribution in [0.2, 0.25) is 0 Å². The molecule has 104 valence electrons. The van der Waals surface area contributed by atoms with Gasteiger partial charge in [0.15, 0.2) is 0 Å². The van der Waals surface area contributed by atoms with Gasteiger partial charge in [0.2, 0.25) is 0 Å². The van der Waals surface area contributed by atoms with Gasteiger partial charge >= 0.3 is 0 Å². The van der Waals surface area contributed by atoms with E-state index in [0.717, 1.165) is 0 Å². The lowest BCUT2D eigenvalue weighted by Gasteiger charge is -2.04. The Morgan fingerprint density at radius 2 is 1.24 bits per heavy atom. The van der Waals surface area contributed by atoms with Crippen LogP contribution in [0.5, 0.6) is 0 Å². The summed E-state index contributed by atoms with van der Waals surface area (Å²) in [5, 5.41) is 3.56. The van der Waals surface area contributed by atoms with Crippen LogP contribution in [0.25, 0.3) is 0 Å². The molecule has 0 radical (unpaired) electrons. The predicted molar refractivity (Wildman–Crippen MR) is 83.1 cm³/mol. The fourth-order valence-corrected chi connectivity index (χ4v) is 2.50. The molecule has 0 rings (SSSR count). The molecule has 0 aromatic rings. The molecule has 0 aliphatic heterocycles. The molecule has 0 aliphatic rings. The molecular formula is C15H33NS.